The van der Waals surface area contributed by atoms with Gasteiger partial charge in [-0.1, -0.05) is 26.2 Å². The molecular formula is C14H30O3Si3. The van der Waals surface area contributed by atoms with E-state index in [1.807, 2.05) is 0 Å². The van der Waals surface area contributed by atoms with Gasteiger partial charge < -0.3 is 9.16 Å². The maximum atomic E-state index is 11.6. The van der Waals surface area contributed by atoms with E-state index in [1.54, 1.807) is 0 Å². The molecule has 3 nitrogen and oxygen atoms in total. The van der Waals surface area contributed by atoms with E-state index in [2.05, 4.69) is 60.1 Å². The molecule has 0 N–H and O–H groups in total. The molecule has 116 valence electrons. The van der Waals surface area contributed by atoms with Crippen molar-refractivity contribution >= 4 is 28.5 Å². The van der Waals surface area contributed by atoms with Crippen LogP contribution in [0.3, 0.4) is 0 Å². The summed E-state index contributed by atoms with van der Waals surface area (Å²) in [6.07, 6.45) is 1.27. The largest absolute Gasteiger partial charge is 0.464 e. The molecule has 6 heteroatoms. The zero-order valence-corrected chi connectivity index (χ0v) is 17.3. The van der Waals surface area contributed by atoms with Crippen LogP contribution in [0.4, 0.5) is 0 Å². The molecule has 2 unspecified atom stereocenters. The van der Waals surface area contributed by atoms with Gasteiger partial charge in [-0.2, -0.15) is 0 Å². The molecule has 0 saturated carbocycles. The van der Waals surface area contributed by atoms with Crippen molar-refractivity contribution in [3.63, 3.8) is 0 Å². The molecule has 2 atom stereocenters. The van der Waals surface area contributed by atoms with Gasteiger partial charge in [-0.3, -0.25) is 0 Å². The number of ether oxygens (including phenoxy) is 1. The fourth-order valence-electron chi connectivity index (χ4n) is 3.65. The van der Waals surface area contributed by atoms with Crippen molar-refractivity contribution in [2.24, 2.45) is 0 Å². The molecule has 1 saturated heterocycles. The summed E-state index contributed by atoms with van der Waals surface area (Å²) in [6, 6.07) is 1.07. The van der Waals surface area contributed by atoms with Crippen LogP contribution in [0.2, 0.25) is 38.8 Å². The maximum absolute atomic E-state index is 11.6. The number of hydrogen-bond acceptors (Lipinski definition) is 3. The van der Waals surface area contributed by atoms with E-state index in [-0.39, 0.29) is 17.3 Å². The summed E-state index contributed by atoms with van der Waals surface area (Å²) in [5.41, 5.74) is -0.0572. The zero-order valence-electron chi connectivity index (χ0n) is 14.3. The molecule has 20 heavy (non-hydrogen) atoms. The van der Waals surface area contributed by atoms with Crippen molar-refractivity contribution in [2.45, 2.75) is 70.9 Å². The second kappa shape index (κ2) is 5.23. The SMILES string of the molecule is C=CC(=O)OC(C)[Si]1(C)CC(C)(C)O[Si](C)(C)[Si]1(C)C. The lowest BCUT2D eigenvalue weighted by atomic mass is 10.2. The Hall–Kier alpha value is -0.179. The van der Waals surface area contributed by atoms with E-state index in [4.69, 9.17) is 9.16 Å². The van der Waals surface area contributed by atoms with Crippen LogP contribution >= 0.6 is 0 Å². The summed E-state index contributed by atoms with van der Waals surface area (Å²) in [6.45, 7) is 22.0. The van der Waals surface area contributed by atoms with Gasteiger partial charge in [0, 0.05) is 11.7 Å². The average Bonchev–Trinajstić information content (AvgIpc) is 2.24. The Labute approximate surface area is 126 Å². The van der Waals surface area contributed by atoms with Crippen LogP contribution < -0.4 is 0 Å². The van der Waals surface area contributed by atoms with Crippen LogP contribution in [0.25, 0.3) is 0 Å². The van der Waals surface area contributed by atoms with Crippen molar-refractivity contribution in [3.05, 3.63) is 12.7 Å². The smallest absolute Gasteiger partial charge is 0.330 e. The van der Waals surface area contributed by atoms with Crippen LogP contribution in [-0.2, 0) is 14.0 Å². The molecule has 1 aliphatic heterocycles. The molecule has 1 fully saturated rings. The lowest BCUT2D eigenvalue weighted by Gasteiger charge is -2.60. The van der Waals surface area contributed by atoms with Crippen LogP contribution in [-0.4, -0.2) is 39.8 Å². The summed E-state index contributed by atoms with van der Waals surface area (Å²) in [5, 5.41) is 0. The normalized spacial score (nSPS) is 32.2. The van der Waals surface area contributed by atoms with Crippen LogP contribution in [0.15, 0.2) is 12.7 Å². The highest BCUT2D eigenvalue weighted by molar-refractivity contribution is 7.68. The van der Waals surface area contributed by atoms with Crippen LogP contribution in [0.1, 0.15) is 20.8 Å². The van der Waals surface area contributed by atoms with Gasteiger partial charge in [0.25, 0.3) is 0 Å². The van der Waals surface area contributed by atoms with Gasteiger partial charge in [-0.25, -0.2) is 4.79 Å². The number of carbonyl (C=O) groups is 1. The van der Waals surface area contributed by atoms with Gasteiger partial charge in [0.2, 0.25) is 0 Å². The summed E-state index contributed by atoms with van der Waals surface area (Å²) in [4.78, 5) is 11.6. The quantitative estimate of drug-likeness (QED) is 0.450. The predicted molar refractivity (Wildman–Crippen MR) is 92.3 cm³/mol. The molecule has 1 aliphatic rings. The molecule has 0 aliphatic carbocycles. The Balaban J connectivity index is 3.22. The maximum Gasteiger partial charge on any atom is 0.330 e. The van der Waals surface area contributed by atoms with E-state index in [9.17, 15) is 4.79 Å². The van der Waals surface area contributed by atoms with Crippen molar-refractivity contribution in [1.29, 1.82) is 0 Å². The average molecular weight is 331 g/mol. The van der Waals surface area contributed by atoms with E-state index < -0.39 is 22.5 Å². The summed E-state index contributed by atoms with van der Waals surface area (Å²) in [7, 11) is -5.02. The monoisotopic (exact) mass is 330 g/mol. The first-order valence-corrected chi connectivity index (χ1v) is 18.0. The minimum absolute atomic E-state index is 0.0321. The van der Waals surface area contributed by atoms with Crippen molar-refractivity contribution in [3.8, 4) is 0 Å². The van der Waals surface area contributed by atoms with Gasteiger partial charge in [0.1, 0.15) is 0 Å². The predicted octanol–water partition coefficient (Wildman–Crippen LogP) is 3.60. The lowest BCUT2D eigenvalue weighted by molar-refractivity contribution is -0.139. The second-order valence-corrected chi connectivity index (χ2v) is 34.4. The molecule has 0 spiro atoms. The van der Waals surface area contributed by atoms with E-state index in [1.165, 1.54) is 6.08 Å². The minimum atomic E-state index is -1.73. The second-order valence-electron chi connectivity index (χ2n) is 7.87. The number of hydrogen-bond donors (Lipinski definition) is 0. The first-order valence-electron chi connectivity index (χ1n) is 7.32. The molecular weight excluding hydrogens is 300 g/mol. The number of carbonyl (C=O) groups excluding carboxylic acids is 1. The van der Waals surface area contributed by atoms with Gasteiger partial charge in [0.15, 0.2) is 7.83 Å². The third-order valence-corrected chi connectivity index (χ3v) is 46.3. The Morgan fingerprint density at radius 3 is 2.25 bits per heavy atom. The van der Waals surface area contributed by atoms with Crippen LogP contribution in [0, 0.1) is 0 Å². The highest BCUT2D eigenvalue weighted by Gasteiger charge is 2.65. The molecule has 1 rings (SSSR count). The molecule has 0 aromatic carbocycles. The van der Waals surface area contributed by atoms with E-state index in [0.717, 1.165) is 6.04 Å². The highest BCUT2D eigenvalue weighted by Crippen LogP contribution is 2.45. The molecule has 0 radical (unpaired) electrons. The third-order valence-electron chi connectivity index (χ3n) is 5.61. The third kappa shape index (κ3) is 2.88. The zero-order chi connectivity index (χ0) is 16.0. The minimum Gasteiger partial charge on any atom is -0.464 e. The summed E-state index contributed by atoms with van der Waals surface area (Å²) >= 11 is 0. The standard InChI is InChI=1S/C14H30O3Si3/c1-10-13(15)16-12(2)20(9)11-14(3,4)17-18(5,6)19(20,7)8/h10,12H,1,11H2,2-9H3. The van der Waals surface area contributed by atoms with Gasteiger partial charge in [-0.05, 0) is 39.9 Å². The van der Waals surface area contributed by atoms with Gasteiger partial charge in [0.05, 0.1) is 20.4 Å². The van der Waals surface area contributed by atoms with Gasteiger partial charge in [-0.15, -0.1) is 0 Å². The van der Waals surface area contributed by atoms with E-state index in [0.29, 0.717) is 0 Å². The molecule has 1 heterocycles. The summed E-state index contributed by atoms with van der Waals surface area (Å²) < 4.78 is 12.2. The van der Waals surface area contributed by atoms with E-state index >= 15 is 0 Å². The Morgan fingerprint density at radius 1 is 1.30 bits per heavy atom. The lowest BCUT2D eigenvalue weighted by Crippen LogP contribution is -2.82. The summed E-state index contributed by atoms with van der Waals surface area (Å²) in [5.74, 6) is -0.292. The van der Waals surface area contributed by atoms with Crippen molar-refractivity contribution in [1.82, 2.24) is 0 Å². The molecule has 0 aromatic heterocycles. The highest BCUT2D eigenvalue weighted by atomic mass is 29.6. The Bertz CT molecular complexity index is 418. The van der Waals surface area contributed by atoms with Crippen LogP contribution in [0.5, 0.6) is 0 Å². The Kier molecular flexibility index (Phi) is 4.67. The Morgan fingerprint density at radius 2 is 1.80 bits per heavy atom. The molecule has 0 amide bonds. The molecule has 0 bridgehead atoms. The first kappa shape index (κ1) is 17.9. The number of rotatable bonds is 3. The van der Waals surface area contributed by atoms with Gasteiger partial charge >= 0.3 is 5.97 Å². The fraction of sp³-hybridized carbons (Fsp3) is 0.786. The fourth-order valence-corrected chi connectivity index (χ4v) is 37.9. The van der Waals surface area contributed by atoms with Crippen molar-refractivity contribution < 1.29 is 14.0 Å². The first-order chi connectivity index (χ1) is 8.79. The number of esters is 1. The topological polar surface area (TPSA) is 35.5 Å². The van der Waals surface area contributed by atoms with Crippen molar-refractivity contribution in [2.75, 3.05) is 0 Å². The molecule has 0 aromatic rings.